The number of hydrogen-bond acceptors (Lipinski definition) is 3. The fraction of sp³-hybridized carbons (Fsp3) is 0.364. The summed E-state index contributed by atoms with van der Waals surface area (Å²) in [6.45, 7) is 2.16. The van der Waals surface area contributed by atoms with Crippen molar-refractivity contribution < 1.29 is 9.53 Å². The Morgan fingerprint density at radius 1 is 1.60 bits per heavy atom. The van der Waals surface area contributed by atoms with E-state index < -0.39 is 0 Å². The van der Waals surface area contributed by atoms with Crippen molar-refractivity contribution in [1.82, 2.24) is 0 Å². The number of esters is 1. The average Bonchev–Trinajstić information content (AvgIpc) is 2.67. The molecule has 0 bridgehead atoms. The first-order chi connectivity index (χ1) is 7.24. The van der Waals surface area contributed by atoms with Crippen LogP contribution in [-0.4, -0.2) is 18.3 Å². The maximum absolute atomic E-state index is 11.6. The van der Waals surface area contributed by atoms with Crippen LogP contribution in [0.5, 0.6) is 0 Å². The molecular formula is C11H11ClO2S. The van der Waals surface area contributed by atoms with E-state index in [1.807, 2.05) is 6.07 Å². The molecule has 0 aromatic heterocycles. The van der Waals surface area contributed by atoms with Crippen LogP contribution < -0.4 is 0 Å². The predicted molar refractivity (Wildman–Crippen MR) is 61.8 cm³/mol. The van der Waals surface area contributed by atoms with Gasteiger partial charge in [-0.05, 0) is 31.0 Å². The van der Waals surface area contributed by atoms with Gasteiger partial charge >= 0.3 is 5.97 Å². The quantitative estimate of drug-likeness (QED) is 0.746. The largest absolute Gasteiger partial charge is 0.462 e. The number of carbonyl (C=O) groups is 1. The summed E-state index contributed by atoms with van der Waals surface area (Å²) in [6, 6.07) is 3.70. The van der Waals surface area contributed by atoms with E-state index in [2.05, 4.69) is 0 Å². The standard InChI is InChI=1S/C11H11ClO2S/c1-2-14-11(13)8-3-4-9-7(10(8)12)5-6-15-9/h3-4H,2,5-6H2,1H3. The lowest BCUT2D eigenvalue weighted by Crippen LogP contribution is -2.06. The van der Waals surface area contributed by atoms with Gasteiger partial charge in [0.25, 0.3) is 0 Å². The molecule has 0 unspecified atom stereocenters. The highest BCUT2D eigenvalue weighted by molar-refractivity contribution is 7.99. The molecule has 4 heteroatoms. The molecule has 1 aliphatic rings. The molecule has 2 rings (SSSR count). The van der Waals surface area contributed by atoms with Gasteiger partial charge in [-0.1, -0.05) is 11.6 Å². The van der Waals surface area contributed by atoms with Gasteiger partial charge in [0.2, 0.25) is 0 Å². The molecule has 2 nitrogen and oxygen atoms in total. The van der Waals surface area contributed by atoms with E-state index in [9.17, 15) is 4.79 Å². The second kappa shape index (κ2) is 4.45. The maximum Gasteiger partial charge on any atom is 0.339 e. The molecule has 0 amide bonds. The summed E-state index contributed by atoms with van der Waals surface area (Å²) < 4.78 is 4.94. The third-order valence-corrected chi connectivity index (χ3v) is 3.84. The fourth-order valence-corrected chi connectivity index (χ4v) is 3.06. The number of fused-ring (bicyclic) bond motifs is 1. The Morgan fingerprint density at radius 2 is 2.40 bits per heavy atom. The van der Waals surface area contributed by atoms with Crippen molar-refractivity contribution >= 4 is 29.3 Å². The van der Waals surface area contributed by atoms with Crippen LogP contribution >= 0.6 is 23.4 Å². The molecule has 1 aromatic rings. The summed E-state index contributed by atoms with van der Waals surface area (Å²) >= 11 is 7.95. The first-order valence-corrected chi connectivity index (χ1v) is 6.21. The van der Waals surface area contributed by atoms with Gasteiger partial charge in [0.1, 0.15) is 0 Å². The van der Waals surface area contributed by atoms with Crippen LogP contribution in [0.25, 0.3) is 0 Å². The average molecular weight is 243 g/mol. The number of benzene rings is 1. The zero-order chi connectivity index (χ0) is 10.8. The molecular weight excluding hydrogens is 232 g/mol. The highest BCUT2D eigenvalue weighted by Gasteiger charge is 2.20. The lowest BCUT2D eigenvalue weighted by atomic mass is 10.1. The fourth-order valence-electron chi connectivity index (χ4n) is 1.60. The number of hydrogen-bond donors (Lipinski definition) is 0. The highest BCUT2D eigenvalue weighted by atomic mass is 35.5. The van der Waals surface area contributed by atoms with E-state index in [1.165, 1.54) is 4.90 Å². The van der Waals surface area contributed by atoms with Crippen LogP contribution in [0.15, 0.2) is 17.0 Å². The normalized spacial score (nSPS) is 13.7. The minimum absolute atomic E-state index is 0.331. The third-order valence-electron chi connectivity index (χ3n) is 2.31. The molecule has 80 valence electrons. The Kier molecular flexibility index (Phi) is 3.22. The predicted octanol–water partition coefficient (Wildman–Crippen LogP) is 3.16. The monoisotopic (exact) mass is 242 g/mol. The van der Waals surface area contributed by atoms with Crippen LogP contribution in [0.3, 0.4) is 0 Å². The van der Waals surface area contributed by atoms with E-state index in [0.717, 1.165) is 17.7 Å². The van der Waals surface area contributed by atoms with Gasteiger partial charge in [-0.3, -0.25) is 0 Å². The van der Waals surface area contributed by atoms with Crippen LogP contribution in [0.2, 0.25) is 5.02 Å². The maximum atomic E-state index is 11.6. The van der Waals surface area contributed by atoms with Gasteiger partial charge < -0.3 is 4.74 Å². The van der Waals surface area contributed by atoms with Crippen molar-refractivity contribution in [2.45, 2.75) is 18.2 Å². The molecule has 0 aliphatic carbocycles. The smallest absolute Gasteiger partial charge is 0.339 e. The molecule has 0 saturated carbocycles. The highest BCUT2D eigenvalue weighted by Crippen LogP contribution is 2.37. The summed E-state index contributed by atoms with van der Waals surface area (Å²) in [5.41, 5.74) is 1.58. The summed E-state index contributed by atoms with van der Waals surface area (Å²) in [6.07, 6.45) is 0.937. The second-order valence-electron chi connectivity index (χ2n) is 3.22. The van der Waals surface area contributed by atoms with E-state index in [0.29, 0.717) is 17.2 Å². The number of ether oxygens (including phenoxy) is 1. The van der Waals surface area contributed by atoms with Gasteiger partial charge in [0.15, 0.2) is 0 Å². The number of halogens is 1. The van der Waals surface area contributed by atoms with Crippen molar-refractivity contribution in [3.05, 3.63) is 28.3 Å². The minimum atomic E-state index is -0.331. The summed E-state index contributed by atoms with van der Waals surface area (Å²) in [5.74, 6) is 0.712. The van der Waals surface area contributed by atoms with Crippen molar-refractivity contribution in [2.24, 2.45) is 0 Å². The van der Waals surface area contributed by atoms with Crippen molar-refractivity contribution in [2.75, 3.05) is 12.4 Å². The van der Waals surface area contributed by atoms with Gasteiger partial charge in [-0.25, -0.2) is 4.79 Å². The number of rotatable bonds is 2. The molecule has 15 heavy (non-hydrogen) atoms. The first-order valence-electron chi connectivity index (χ1n) is 4.85. The second-order valence-corrected chi connectivity index (χ2v) is 4.74. The zero-order valence-electron chi connectivity index (χ0n) is 8.38. The topological polar surface area (TPSA) is 26.3 Å². The Morgan fingerprint density at radius 3 is 3.13 bits per heavy atom. The molecule has 1 aliphatic heterocycles. The molecule has 0 N–H and O–H groups in total. The van der Waals surface area contributed by atoms with Gasteiger partial charge in [0.05, 0.1) is 17.2 Å². The summed E-state index contributed by atoms with van der Waals surface area (Å²) in [7, 11) is 0. The van der Waals surface area contributed by atoms with Crippen LogP contribution in [0.1, 0.15) is 22.8 Å². The Labute approximate surface area is 98.0 Å². The molecule has 0 atom stereocenters. The van der Waals surface area contributed by atoms with E-state index in [-0.39, 0.29) is 5.97 Å². The summed E-state index contributed by atoms with van der Waals surface area (Å²) in [4.78, 5) is 12.7. The van der Waals surface area contributed by atoms with E-state index >= 15 is 0 Å². The van der Waals surface area contributed by atoms with Crippen molar-refractivity contribution in [3.63, 3.8) is 0 Å². The van der Waals surface area contributed by atoms with Crippen LogP contribution in [-0.2, 0) is 11.2 Å². The SMILES string of the molecule is CCOC(=O)c1ccc2c(c1Cl)CCS2. The third kappa shape index (κ3) is 1.99. The van der Waals surface area contributed by atoms with Gasteiger partial charge in [-0.2, -0.15) is 0 Å². The lowest BCUT2D eigenvalue weighted by Gasteiger charge is -2.07. The van der Waals surface area contributed by atoms with Crippen LogP contribution in [0.4, 0.5) is 0 Å². The van der Waals surface area contributed by atoms with Crippen LogP contribution in [0, 0.1) is 0 Å². The molecule has 0 spiro atoms. The molecule has 1 heterocycles. The Hall–Kier alpha value is -0.670. The number of carbonyl (C=O) groups excluding carboxylic acids is 1. The first kappa shape index (κ1) is 10.8. The van der Waals surface area contributed by atoms with Gasteiger partial charge in [-0.15, -0.1) is 11.8 Å². The molecule has 0 radical (unpaired) electrons. The summed E-state index contributed by atoms with van der Waals surface area (Å²) in [5, 5.41) is 0.566. The number of thioether (sulfide) groups is 1. The Balaban J connectivity index is 2.38. The molecule has 0 saturated heterocycles. The lowest BCUT2D eigenvalue weighted by molar-refractivity contribution is 0.0526. The molecule has 0 fully saturated rings. The minimum Gasteiger partial charge on any atom is -0.462 e. The van der Waals surface area contributed by atoms with Crippen molar-refractivity contribution in [1.29, 1.82) is 0 Å². The van der Waals surface area contributed by atoms with Gasteiger partial charge in [0, 0.05) is 10.6 Å². The zero-order valence-corrected chi connectivity index (χ0v) is 9.95. The molecule has 1 aromatic carbocycles. The Bertz CT molecular complexity index is 404. The van der Waals surface area contributed by atoms with Crippen molar-refractivity contribution in [3.8, 4) is 0 Å². The van der Waals surface area contributed by atoms with E-state index in [1.54, 1.807) is 24.8 Å². The van der Waals surface area contributed by atoms with E-state index in [4.69, 9.17) is 16.3 Å².